The van der Waals surface area contributed by atoms with Crippen LogP contribution < -0.4 is 4.74 Å². The van der Waals surface area contributed by atoms with E-state index in [1.807, 2.05) is 37.3 Å². The lowest BCUT2D eigenvalue weighted by molar-refractivity contribution is 0.259. The second-order valence-electron chi connectivity index (χ2n) is 9.78. The Labute approximate surface area is 230 Å². The third-order valence-electron chi connectivity index (χ3n) is 7.36. The maximum absolute atomic E-state index is 6.75. The van der Waals surface area contributed by atoms with Crippen LogP contribution in [0.15, 0.2) is 127 Å². The van der Waals surface area contributed by atoms with Gasteiger partial charge in [-0.05, 0) is 70.5 Å². The summed E-state index contributed by atoms with van der Waals surface area (Å²) in [7, 11) is 0. The predicted molar refractivity (Wildman–Crippen MR) is 162 cm³/mol. The van der Waals surface area contributed by atoms with E-state index in [1.54, 1.807) is 0 Å². The largest absolute Gasteiger partial charge is 0.484 e. The van der Waals surface area contributed by atoms with Crippen molar-refractivity contribution in [3.05, 3.63) is 149 Å². The second kappa shape index (κ2) is 10.4. The maximum Gasteiger partial charge on any atom is 0.135 e. The fourth-order valence-electron chi connectivity index (χ4n) is 5.57. The van der Waals surface area contributed by atoms with Gasteiger partial charge in [-0.1, -0.05) is 121 Å². The summed E-state index contributed by atoms with van der Waals surface area (Å²) < 4.78 is 6.73. The van der Waals surface area contributed by atoms with Gasteiger partial charge < -0.3 is 4.74 Å². The molecule has 38 heavy (non-hydrogen) atoms. The van der Waals surface area contributed by atoms with Gasteiger partial charge in [-0.15, -0.1) is 0 Å². The topological polar surface area (TPSA) is 9.23 Å². The van der Waals surface area contributed by atoms with E-state index in [9.17, 15) is 0 Å². The number of hydrogen-bond donors (Lipinski definition) is 0. The van der Waals surface area contributed by atoms with Gasteiger partial charge in [-0.2, -0.15) is 0 Å². The number of allylic oxidation sites excluding steroid dienone is 8. The first-order valence-corrected chi connectivity index (χ1v) is 13.5. The van der Waals surface area contributed by atoms with E-state index >= 15 is 0 Å². The zero-order valence-corrected chi connectivity index (χ0v) is 22.2. The molecule has 1 nitrogen and oxygen atoms in total. The van der Waals surface area contributed by atoms with Crippen molar-refractivity contribution in [1.82, 2.24) is 0 Å². The van der Waals surface area contributed by atoms with Gasteiger partial charge in [0.25, 0.3) is 0 Å². The number of halogens is 1. The van der Waals surface area contributed by atoms with Crippen molar-refractivity contribution in [1.29, 1.82) is 0 Å². The van der Waals surface area contributed by atoms with E-state index in [0.717, 1.165) is 40.0 Å². The summed E-state index contributed by atoms with van der Waals surface area (Å²) in [5.41, 5.74) is 10.1. The Morgan fingerprint density at radius 3 is 2.63 bits per heavy atom. The van der Waals surface area contributed by atoms with E-state index < -0.39 is 0 Å². The quantitative estimate of drug-likeness (QED) is 0.309. The van der Waals surface area contributed by atoms with E-state index in [1.165, 1.54) is 22.3 Å². The van der Waals surface area contributed by atoms with Crippen molar-refractivity contribution in [3.63, 3.8) is 0 Å². The van der Waals surface area contributed by atoms with Crippen LogP contribution in [0.1, 0.15) is 36.0 Å². The number of para-hydroxylation sites is 1. The molecular formula is C36H29ClO. The maximum atomic E-state index is 6.75. The first-order valence-electron chi connectivity index (χ1n) is 13.1. The van der Waals surface area contributed by atoms with Gasteiger partial charge in [0.15, 0.2) is 0 Å². The van der Waals surface area contributed by atoms with Crippen molar-refractivity contribution < 1.29 is 4.74 Å². The Kier molecular flexibility index (Phi) is 6.62. The lowest BCUT2D eigenvalue weighted by Gasteiger charge is -2.23. The molecule has 2 atom stereocenters. The first-order chi connectivity index (χ1) is 18.6. The molecule has 3 aromatic rings. The molecule has 0 amide bonds. The van der Waals surface area contributed by atoms with Crippen LogP contribution in [0.5, 0.6) is 5.75 Å². The van der Waals surface area contributed by atoms with Gasteiger partial charge in [-0.3, -0.25) is 0 Å². The molecule has 3 aromatic carbocycles. The SMILES string of the molecule is C=C(/C=C\C=C/C)C1=CC=CC2c3cccc(-c4cc(Cl)cc(-c5cccc6c5C=CCC=C6)c4)c3O[C@@H]12. The summed E-state index contributed by atoms with van der Waals surface area (Å²) in [6.07, 6.45) is 24.2. The van der Waals surface area contributed by atoms with E-state index in [0.29, 0.717) is 5.02 Å². The Morgan fingerprint density at radius 2 is 1.76 bits per heavy atom. The molecule has 0 bridgehead atoms. The van der Waals surface area contributed by atoms with Crippen LogP contribution in [-0.2, 0) is 0 Å². The molecule has 2 aliphatic carbocycles. The third-order valence-corrected chi connectivity index (χ3v) is 7.58. The minimum absolute atomic E-state index is 0.0978. The second-order valence-corrected chi connectivity index (χ2v) is 10.2. The number of benzene rings is 3. The lowest BCUT2D eigenvalue weighted by Crippen LogP contribution is -2.23. The van der Waals surface area contributed by atoms with Crippen LogP contribution in [-0.4, -0.2) is 6.10 Å². The van der Waals surface area contributed by atoms with Crippen LogP contribution in [0.25, 0.3) is 34.4 Å². The molecule has 0 N–H and O–H groups in total. The molecule has 0 saturated carbocycles. The molecule has 6 rings (SSSR count). The zero-order chi connectivity index (χ0) is 26.1. The molecule has 0 radical (unpaired) electrons. The predicted octanol–water partition coefficient (Wildman–Crippen LogP) is 10.1. The highest BCUT2D eigenvalue weighted by atomic mass is 35.5. The lowest BCUT2D eigenvalue weighted by atomic mass is 9.84. The van der Waals surface area contributed by atoms with Crippen molar-refractivity contribution in [2.24, 2.45) is 0 Å². The van der Waals surface area contributed by atoms with Crippen molar-refractivity contribution in [3.8, 4) is 28.0 Å². The molecule has 2 heteroatoms. The molecule has 0 fully saturated rings. The van der Waals surface area contributed by atoms with Gasteiger partial charge in [0.2, 0.25) is 0 Å². The Bertz CT molecular complexity index is 1610. The smallest absolute Gasteiger partial charge is 0.135 e. The molecule has 186 valence electrons. The molecular weight excluding hydrogens is 484 g/mol. The van der Waals surface area contributed by atoms with Gasteiger partial charge >= 0.3 is 0 Å². The first kappa shape index (κ1) is 24.3. The average molecular weight is 513 g/mol. The van der Waals surface area contributed by atoms with Crippen molar-refractivity contribution >= 4 is 23.8 Å². The van der Waals surface area contributed by atoms with Crippen LogP contribution in [0.3, 0.4) is 0 Å². The van der Waals surface area contributed by atoms with Gasteiger partial charge in [0, 0.05) is 22.1 Å². The highest BCUT2D eigenvalue weighted by Gasteiger charge is 2.38. The van der Waals surface area contributed by atoms with E-state index in [-0.39, 0.29) is 12.0 Å². The molecule has 0 spiro atoms. The van der Waals surface area contributed by atoms with Gasteiger partial charge in [0.1, 0.15) is 11.9 Å². The van der Waals surface area contributed by atoms with Gasteiger partial charge in [0.05, 0.1) is 0 Å². The van der Waals surface area contributed by atoms with Crippen molar-refractivity contribution in [2.75, 3.05) is 0 Å². The third kappa shape index (κ3) is 4.44. The molecule has 3 aliphatic rings. The summed E-state index contributed by atoms with van der Waals surface area (Å²) in [6, 6.07) is 19.2. The standard InChI is InChI=1S/C36H29ClO/c1-3-4-6-12-24(2)29-16-10-19-33-34-20-11-18-32(36(34)38-35(29)33)27-21-26(22-28(37)23-27)31-17-9-14-25-13-7-5-8-15-30(25)31/h3-4,6-23,33,35H,2,5H2,1H3/b4-3-,12-6-/t33?,35-/m0/s1. The highest BCUT2D eigenvalue weighted by Crippen LogP contribution is 2.49. The van der Waals surface area contributed by atoms with E-state index in [4.69, 9.17) is 16.3 Å². The monoisotopic (exact) mass is 512 g/mol. The zero-order valence-electron chi connectivity index (χ0n) is 21.4. The van der Waals surface area contributed by atoms with Crippen LogP contribution in [0.2, 0.25) is 5.02 Å². The van der Waals surface area contributed by atoms with E-state index in [2.05, 4.69) is 97.6 Å². The minimum Gasteiger partial charge on any atom is -0.484 e. The van der Waals surface area contributed by atoms with Crippen LogP contribution >= 0.6 is 11.6 Å². The average Bonchev–Trinajstić information content (AvgIpc) is 3.14. The molecule has 0 aromatic heterocycles. The Morgan fingerprint density at radius 1 is 0.974 bits per heavy atom. The highest BCUT2D eigenvalue weighted by molar-refractivity contribution is 6.31. The van der Waals surface area contributed by atoms with Crippen LogP contribution in [0, 0.1) is 0 Å². The molecule has 1 unspecified atom stereocenters. The summed E-state index contributed by atoms with van der Waals surface area (Å²) in [5.74, 6) is 1.07. The number of ether oxygens (including phenoxy) is 1. The minimum atomic E-state index is -0.0978. The number of rotatable bonds is 5. The summed E-state index contributed by atoms with van der Waals surface area (Å²) >= 11 is 6.75. The fourth-order valence-corrected chi connectivity index (χ4v) is 5.80. The summed E-state index contributed by atoms with van der Waals surface area (Å²) in [4.78, 5) is 0. The summed E-state index contributed by atoms with van der Waals surface area (Å²) in [6.45, 7) is 6.33. The van der Waals surface area contributed by atoms with Crippen molar-refractivity contribution in [2.45, 2.75) is 25.4 Å². The molecule has 1 heterocycles. The molecule has 1 aliphatic heterocycles. The van der Waals surface area contributed by atoms with Crippen LogP contribution in [0.4, 0.5) is 0 Å². The Hall–Kier alpha value is -4.07. The van der Waals surface area contributed by atoms with Gasteiger partial charge in [-0.25, -0.2) is 0 Å². The summed E-state index contributed by atoms with van der Waals surface area (Å²) in [5, 5.41) is 0.708. The number of fused-ring (bicyclic) bond motifs is 4. The molecule has 0 saturated heterocycles. The normalized spacial score (nSPS) is 19.2. The Balaban J connectivity index is 1.41. The fraction of sp³-hybridized carbons (Fsp3) is 0.111. The number of hydrogen-bond acceptors (Lipinski definition) is 1.